The number of hydrogen-bond donors (Lipinski definition) is 2. The van der Waals surface area contributed by atoms with Crippen LogP contribution in [-0.2, 0) is 0 Å². The Bertz CT molecular complexity index is 392. The van der Waals surface area contributed by atoms with Crippen LogP contribution in [0.5, 0.6) is 0 Å². The molecule has 2 heterocycles. The van der Waals surface area contributed by atoms with Crippen molar-refractivity contribution >= 4 is 12.1 Å². The summed E-state index contributed by atoms with van der Waals surface area (Å²) in [7, 11) is 5.65. The highest BCUT2D eigenvalue weighted by atomic mass is 16.2. The Labute approximate surface area is 166 Å². The first kappa shape index (κ1) is 25.5. The molecule has 0 bridgehead atoms. The summed E-state index contributed by atoms with van der Waals surface area (Å²) in [5, 5.41) is 6.13. The zero-order valence-electron chi connectivity index (χ0n) is 18.4. The van der Waals surface area contributed by atoms with Crippen LogP contribution in [-0.4, -0.2) is 112 Å². The van der Waals surface area contributed by atoms with Crippen molar-refractivity contribution in [2.45, 2.75) is 33.6 Å². The van der Waals surface area contributed by atoms with Crippen LogP contribution < -0.4 is 10.6 Å². The molecular formula is C19H42N6O2. The molecule has 2 saturated heterocycles. The number of carbonyl (C=O) groups is 2. The Kier molecular flexibility index (Phi) is 14.6. The van der Waals surface area contributed by atoms with Crippen molar-refractivity contribution in [3.05, 3.63) is 0 Å². The average Bonchev–Trinajstić information content (AvgIpc) is 2.70. The Morgan fingerprint density at radius 3 is 2.00 bits per heavy atom. The maximum atomic E-state index is 11.6. The molecule has 0 spiro atoms. The molecule has 160 valence electrons. The van der Waals surface area contributed by atoms with Crippen LogP contribution in [0.4, 0.5) is 9.59 Å². The van der Waals surface area contributed by atoms with Crippen molar-refractivity contribution in [2.75, 3.05) is 80.0 Å². The molecule has 0 saturated carbocycles. The maximum Gasteiger partial charge on any atom is 0.319 e. The normalized spacial score (nSPS) is 17.1. The van der Waals surface area contributed by atoms with E-state index in [1.54, 1.807) is 19.0 Å². The summed E-state index contributed by atoms with van der Waals surface area (Å²) in [6.45, 7) is 14.1. The highest BCUT2D eigenvalue weighted by molar-refractivity contribution is 5.74. The maximum absolute atomic E-state index is 11.6. The lowest BCUT2D eigenvalue weighted by Crippen LogP contribution is -2.50. The third-order valence-electron chi connectivity index (χ3n) is 4.37. The summed E-state index contributed by atoms with van der Waals surface area (Å²) in [6, 6.07) is 0.220. The van der Waals surface area contributed by atoms with Crippen LogP contribution >= 0.6 is 0 Å². The first-order chi connectivity index (χ1) is 13.0. The van der Waals surface area contributed by atoms with Gasteiger partial charge in [-0.05, 0) is 13.5 Å². The predicted molar refractivity (Wildman–Crippen MR) is 112 cm³/mol. The van der Waals surface area contributed by atoms with Gasteiger partial charge in [0.1, 0.15) is 0 Å². The molecule has 2 N–H and O–H groups in total. The van der Waals surface area contributed by atoms with Crippen molar-refractivity contribution < 1.29 is 9.59 Å². The van der Waals surface area contributed by atoms with Crippen LogP contribution in [0.15, 0.2) is 0 Å². The number of hydrogen-bond acceptors (Lipinski definition) is 4. The van der Waals surface area contributed by atoms with Gasteiger partial charge in [0.2, 0.25) is 0 Å². The number of nitrogens with zero attached hydrogens (tertiary/aromatic N) is 4. The Morgan fingerprint density at radius 2 is 1.52 bits per heavy atom. The standard InChI is InChI=1S/C10H21N3O.C7H15N3O.C2H6/c1-3-4-5-11-10(14)13-8-6-12(2)7-9-13;1-9(2)7(11)10-5-3-8-4-6-10;1-2/h3-9H2,1-2H3,(H,11,14);8H,3-6H2,1-2H3;1-2H3. The van der Waals surface area contributed by atoms with Crippen molar-refractivity contribution in [1.29, 1.82) is 0 Å². The molecule has 0 aromatic heterocycles. The molecule has 8 nitrogen and oxygen atoms in total. The third kappa shape index (κ3) is 11.0. The molecule has 8 heteroatoms. The molecule has 27 heavy (non-hydrogen) atoms. The van der Waals surface area contributed by atoms with E-state index >= 15 is 0 Å². The van der Waals surface area contributed by atoms with Gasteiger partial charge in [0.05, 0.1) is 0 Å². The highest BCUT2D eigenvalue weighted by Crippen LogP contribution is 1.99. The van der Waals surface area contributed by atoms with Crippen molar-refractivity contribution in [3.63, 3.8) is 0 Å². The van der Waals surface area contributed by atoms with E-state index < -0.39 is 0 Å². The number of likely N-dealkylation sites (N-methyl/N-ethyl adjacent to an activating group) is 1. The van der Waals surface area contributed by atoms with Gasteiger partial charge in [-0.15, -0.1) is 0 Å². The van der Waals surface area contributed by atoms with E-state index in [1.807, 2.05) is 23.6 Å². The van der Waals surface area contributed by atoms with Gasteiger partial charge in [-0.2, -0.15) is 0 Å². The number of amides is 4. The zero-order valence-corrected chi connectivity index (χ0v) is 18.4. The van der Waals surface area contributed by atoms with E-state index in [0.29, 0.717) is 0 Å². The summed E-state index contributed by atoms with van der Waals surface area (Å²) in [5.74, 6) is 0. The quantitative estimate of drug-likeness (QED) is 0.718. The number of nitrogens with one attached hydrogen (secondary N) is 2. The van der Waals surface area contributed by atoms with E-state index in [0.717, 1.165) is 71.7 Å². The molecule has 4 amide bonds. The second kappa shape index (κ2) is 15.5. The van der Waals surface area contributed by atoms with Crippen LogP contribution in [0, 0.1) is 0 Å². The lowest BCUT2D eigenvalue weighted by molar-refractivity contribution is 0.154. The van der Waals surface area contributed by atoms with Gasteiger partial charge in [0, 0.05) is 73.0 Å². The van der Waals surface area contributed by atoms with Crippen LogP contribution in [0.1, 0.15) is 33.6 Å². The second-order valence-corrected chi connectivity index (χ2v) is 6.79. The molecule has 2 aliphatic heterocycles. The van der Waals surface area contributed by atoms with Gasteiger partial charge in [0.15, 0.2) is 0 Å². The van der Waals surface area contributed by atoms with E-state index in [2.05, 4.69) is 29.5 Å². The van der Waals surface area contributed by atoms with Gasteiger partial charge >= 0.3 is 12.1 Å². The van der Waals surface area contributed by atoms with E-state index in [4.69, 9.17) is 0 Å². The topological polar surface area (TPSA) is 71.2 Å². The summed E-state index contributed by atoms with van der Waals surface area (Å²) >= 11 is 0. The van der Waals surface area contributed by atoms with Gasteiger partial charge in [-0.3, -0.25) is 0 Å². The summed E-state index contributed by atoms with van der Waals surface area (Å²) in [6.07, 6.45) is 2.20. The van der Waals surface area contributed by atoms with Gasteiger partial charge in [-0.1, -0.05) is 27.2 Å². The van der Waals surface area contributed by atoms with Crippen LogP contribution in [0.2, 0.25) is 0 Å². The third-order valence-corrected chi connectivity index (χ3v) is 4.37. The summed E-state index contributed by atoms with van der Waals surface area (Å²) in [4.78, 5) is 30.5. The zero-order chi connectivity index (χ0) is 20.7. The molecule has 0 aromatic rings. The molecule has 0 aliphatic carbocycles. The Balaban J connectivity index is 0.000000469. The smallest absolute Gasteiger partial charge is 0.319 e. The lowest BCUT2D eigenvalue weighted by Gasteiger charge is -2.32. The SMILES string of the molecule is CC.CCCCNC(=O)N1CCN(C)CC1.CN(C)C(=O)N1CCNCC1. The molecule has 0 aromatic carbocycles. The van der Waals surface area contributed by atoms with Gasteiger partial charge < -0.3 is 30.2 Å². The number of rotatable bonds is 3. The molecule has 0 atom stereocenters. The fourth-order valence-electron chi connectivity index (χ4n) is 2.63. The fraction of sp³-hybridized carbons (Fsp3) is 0.895. The minimum atomic E-state index is 0.103. The monoisotopic (exact) mass is 386 g/mol. The molecule has 0 unspecified atom stereocenters. The number of carbonyl (C=O) groups excluding carboxylic acids is 2. The van der Waals surface area contributed by atoms with E-state index in [-0.39, 0.29) is 12.1 Å². The number of piperazine rings is 2. The van der Waals surface area contributed by atoms with E-state index in [9.17, 15) is 9.59 Å². The molecule has 0 radical (unpaired) electrons. The molecular weight excluding hydrogens is 344 g/mol. The van der Waals surface area contributed by atoms with Crippen LogP contribution in [0.25, 0.3) is 0 Å². The Morgan fingerprint density at radius 1 is 0.963 bits per heavy atom. The van der Waals surface area contributed by atoms with Gasteiger partial charge in [-0.25, -0.2) is 9.59 Å². The fourth-order valence-corrected chi connectivity index (χ4v) is 2.63. The van der Waals surface area contributed by atoms with Crippen molar-refractivity contribution in [3.8, 4) is 0 Å². The minimum Gasteiger partial charge on any atom is -0.338 e. The van der Waals surface area contributed by atoms with Crippen LogP contribution in [0.3, 0.4) is 0 Å². The summed E-state index contributed by atoms with van der Waals surface area (Å²) in [5.41, 5.74) is 0. The minimum absolute atomic E-state index is 0.103. The second-order valence-electron chi connectivity index (χ2n) is 6.79. The number of urea groups is 2. The largest absolute Gasteiger partial charge is 0.338 e. The molecule has 2 rings (SSSR count). The van der Waals surface area contributed by atoms with Crippen molar-refractivity contribution in [1.82, 2.24) is 30.2 Å². The first-order valence-electron chi connectivity index (χ1n) is 10.3. The predicted octanol–water partition coefficient (Wildman–Crippen LogP) is 1.34. The average molecular weight is 387 g/mol. The lowest BCUT2D eigenvalue weighted by atomic mass is 10.3. The Hall–Kier alpha value is -1.54. The summed E-state index contributed by atoms with van der Waals surface area (Å²) < 4.78 is 0. The molecule has 2 aliphatic rings. The van der Waals surface area contributed by atoms with Gasteiger partial charge in [0.25, 0.3) is 0 Å². The molecule has 2 fully saturated rings. The van der Waals surface area contributed by atoms with E-state index in [1.165, 1.54) is 0 Å². The highest BCUT2D eigenvalue weighted by Gasteiger charge is 2.18. The van der Waals surface area contributed by atoms with Crippen molar-refractivity contribution in [2.24, 2.45) is 0 Å². The number of unbranched alkanes of at least 4 members (excludes halogenated alkanes) is 1. The first-order valence-corrected chi connectivity index (χ1v) is 10.3.